The van der Waals surface area contributed by atoms with E-state index >= 15 is 0 Å². The number of carbonyl (C=O) groups is 2. The zero-order valence-corrected chi connectivity index (χ0v) is 15.3. The van der Waals surface area contributed by atoms with Crippen LogP contribution in [0.15, 0.2) is 53.6 Å². The highest BCUT2D eigenvalue weighted by atomic mass is 32.2. The molecule has 6 nitrogen and oxygen atoms in total. The number of ether oxygens (including phenoxy) is 2. The minimum atomic E-state index is -0.226. The van der Waals surface area contributed by atoms with Gasteiger partial charge < -0.3 is 14.8 Å². The zero-order chi connectivity index (χ0) is 18.8. The van der Waals surface area contributed by atoms with Gasteiger partial charge in [-0.05, 0) is 25.1 Å². The van der Waals surface area contributed by atoms with Crippen LogP contribution in [0, 0.1) is 0 Å². The molecule has 1 aromatic heterocycles. The Labute approximate surface area is 159 Å². The Morgan fingerprint density at radius 3 is 2.70 bits per heavy atom. The maximum atomic E-state index is 12.4. The first-order valence-corrected chi connectivity index (χ1v) is 9.32. The van der Waals surface area contributed by atoms with Crippen LogP contribution >= 0.6 is 11.8 Å². The third kappa shape index (κ3) is 3.73. The molecule has 1 amide bonds. The minimum Gasteiger partial charge on any atom is -0.454 e. The number of fused-ring (bicyclic) bond motifs is 2. The van der Waals surface area contributed by atoms with Crippen molar-refractivity contribution in [2.75, 3.05) is 17.9 Å². The van der Waals surface area contributed by atoms with Gasteiger partial charge in [0.1, 0.15) is 0 Å². The molecule has 0 unspecified atom stereocenters. The van der Waals surface area contributed by atoms with E-state index in [9.17, 15) is 9.59 Å². The Hall–Kier alpha value is -3.06. The first-order chi connectivity index (χ1) is 13.1. The molecule has 4 rings (SSSR count). The van der Waals surface area contributed by atoms with E-state index in [4.69, 9.17) is 9.47 Å². The molecule has 7 heteroatoms. The van der Waals surface area contributed by atoms with Crippen molar-refractivity contribution in [2.45, 2.75) is 11.9 Å². The topological polar surface area (TPSA) is 77.5 Å². The van der Waals surface area contributed by atoms with Crippen molar-refractivity contribution in [1.29, 1.82) is 0 Å². The first-order valence-electron chi connectivity index (χ1n) is 8.33. The lowest BCUT2D eigenvalue weighted by molar-refractivity contribution is -0.113. The predicted molar refractivity (Wildman–Crippen MR) is 104 cm³/mol. The number of rotatable bonds is 5. The van der Waals surface area contributed by atoms with Gasteiger partial charge in [-0.2, -0.15) is 0 Å². The van der Waals surface area contributed by atoms with Gasteiger partial charge in [-0.1, -0.05) is 36.0 Å². The Balaban J connectivity index is 1.47. The Morgan fingerprint density at radius 1 is 1.11 bits per heavy atom. The minimum absolute atomic E-state index is 0.105. The number of amides is 1. The average Bonchev–Trinajstić information content (AvgIpc) is 3.13. The molecule has 136 valence electrons. The molecular weight excluding hydrogens is 364 g/mol. The number of anilines is 1. The molecule has 2 heterocycles. The van der Waals surface area contributed by atoms with Gasteiger partial charge in [0.05, 0.1) is 22.0 Å². The summed E-state index contributed by atoms with van der Waals surface area (Å²) in [6, 6.07) is 14.9. The van der Waals surface area contributed by atoms with Crippen LogP contribution in [0.1, 0.15) is 17.3 Å². The summed E-state index contributed by atoms with van der Waals surface area (Å²) in [5.41, 5.74) is 1.70. The highest BCUT2D eigenvalue weighted by Crippen LogP contribution is 2.37. The summed E-state index contributed by atoms with van der Waals surface area (Å²) in [5, 5.41) is 4.60. The van der Waals surface area contributed by atoms with Crippen LogP contribution in [-0.4, -0.2) is 29.2 Å². The van der Waals surface area contributed by atoms with Crippen molar-refractivity contribution in [1.82, 2.24) is 4.98 Å². The van der Waals surface area contributed by atoms with E-state index in [1.165, 1.54) is 18.7 Å². The molecule has 1 N–H and O–H groups in total. The highest BCUT2D eigenvalue weighted by molar-refractivity contribution is 7.99. The number of hydrogen-bond acceptors (Lipinski definition) is 6. The number of carbonyl (C=O) groups excluding carboxylic acids is 2. The zero-order valence-electron chi connectivity index (χ0n) is 14.5. The summed E-state index contributed by atoms with van der Waals surface area (Å²) >= 11 is 1.34. The van der Waals surface area contributed by atoms with E-state index in [2.05, 4.69) is 10.3 Å². The lowest BCUT2D eigenvalue weighted by atomic mass is 10.1. The predicted octanol–water partition coefficient (Wildman–Crippen LogP) is 3.90. The number of para-hydroxylation sites is 1. The molecule has 27 heavy (non-hydrogen) atoms. The molecule has 0 atom stereocenters. The van der Waals surface area contributed by atoms with Gasteiger partial charge in [-0.25, -0.2) is 4.98 Å². The number of ketones is 1. The third-order valence-electron chi connectivity index (χ3n) is 4.09. The summed E-state index contributed by atoms with van der Waals surface area (Å²) in [5.74, 6) is 0.813. The monoisotopic (exact) mass is 380 g/mol. The van der Waals surface area contributed by atoms with Gasteiger partial charge >= 0.3 is 0 Å². The number of nitrogens with one attached hydrogen (secondary N) is 1. The second kappa shape index (κ2) is 7.28. The normalized spacial score (nSPS) is 12.2. The number of aromatic nitrogens is 1. The molecule has 0 aliphatic carbocycles. The van der Waals surface area contributed by atoms with Crippen LogP contribution < -0.4 is 14.8 Å². The summed E-state index contributed by atoms with van der Waals surface area (Å²) < 4.78 is 10.6. The largest absolute Gasteiger partial charge is 0.454 e. The van der Waals surface area contributed by atoms with Crippen LogP contribution in [0.4, 0.5) is 5.69 Å². The lowest BCUT2D eigenvalue weighted by Gasteiger charge is -2.10. The van der Waals surface area contributed by atoms with Crippen molar-refractivity contribution in [3.63, 3.8) is 0 Å². The number of Topliss-reactive ketones (excluding diaryl/α,β-unsaturated/α-hetero) is 1. The Kier molecular flexibility index (Phi) is 4.68. The van der Waals surface area contributed by atoms with Crippen molar-refractivity contribution in [2.24, 2.45) is 0 Å². The molecule has 0 fully saturated rings. The molecule has 0 spiro atoms. The van der Waals surface area contributed by atoms with Gasteiger partial charge in [0.25, 0.3) is 0 Å². The molecule has 0 radical (unpaired) electrons. The van der Waals surface area contributed by atoms with Crippen molar-refractivity contribution < 1.29 is 19.1 Å². The van der Waals surface area contributed by atoms with Crippen molar-refractivity contribution in [3.05, 3.63) is 54.1 Å². The molecule has 0 bridgehead atoms. The second-order valence-corrected chi connectivity index (χ2v) is 6.98. The highest BCUT2D eigenvalue weighted by Gasteiger charge is 2.20. The maximum absolute atomic E-state index is 12.4. The van der Waals surface area contributed by atoms with Gasteiger partial charge in [0, 0.05) is 17.0 Å². The van der Waals surface area contributed by atoms with E-state index in [1.807, 2.05) is 36.4 Å². The molecule has 2 aromatic carbocycles. The number of pyridine rings is 1. The van der Waals surface area contributed by atoms with Crippen molar-refractivity contribution in [3.8, 4) is 11.5 Å². The molecule has 3 aromatic rings. The number of benzene rings is 2. The quantitative estimate of drug-likeness (QED) is 0.534. The van der Waals surface area contributed by atoms with Crippen LogP contribution in [0.3, 0.4) is 0 Å². The third-order valence-corrected chi connectivity index (χ3v) is 5.02. The maximum Gasteiger partial charge on any atom is 0.234 e. The Morgan fingerprint density at radius 2 is 1.89 bits per heavy atom. The van der Waals surface area contributed by atoms with Gasteiger partial charge in [-0.15, -0.1) is 0 Å². The van der Waals surface area contributed by atoms with Crippen LogP contribution in [0.2, 0.25) is 0 Å². The number of thioether (sulfide) groups is 1. The smallest absolute Gasteiger partial charge is 0.234 e. The molecular formula is C20H16N2O4S. The van der Waals surface area contributed by atoms with Gasteiger partial charge in [0.15, 0.2) is 17.3 Å². The number of nitrogens with zero attached hydrogens (tertiary/aromatic N) is 1. The molecule has 0 saturated carbocycles. The molecule has 1 aliphatic heterocycles. The van der Waals surface area contributed by atoms with Crippen LogP contribution in [-0.2, 0) is 4.79 Å². The first kappa shape index (κ1) is 17.4. The molecule has 1 aliphatic rings. The SMILES string of the molecule is CC(=O)c1cc2c(cc1NC(=O)CSc1ccc3ccccc3n1)OCO2. The fourth-order valence-electron chi connectivity index (χ4n) is 2.79. The van der Waals surface area contributed by atoms with E-state index in [0.717, 1.165) is 15.9 Å². The summed E-state index contributed by atoms with van der Waals surface area (Å²) in [6.45, 7) is 1.55. The summed E-state index contributed by atoms with van der Waals surface area (Å²) in [4.78, 5) is 28.8. The van der Waals surface area contributed by atoms with Crippen LogP contribution in [0.5, 0.6) is 11.5 Å². The van der Waals surface area contributed by atoms with Gasteiger partial charge in [0.2, 0.25) is 12.7 Å². The summed E-state index contributed by atoms with van der Waals surface area (Å²) in [7, 11) is 0. The fourth-order valence-corrected chi connectivity index (χ4v) is 3.47. The van der Waals surface area contributed by atoms with Gasteiger partial charge in [-0.3, -0.25) is 9.59 Å². The van der Waals surface area contributed by atoms with Crippen molar-refractivity contribution >= 4 is 40.0 Å². The summed E-state index contributed by atoms with van der Waals surface area (Å²) in [6.07, 6.45) is 0. The lowest BCUT2D eigenvalue weighted by Crippen LogP contribution is -2.16. The standard InChI is InChI=1S/C20H16N2O4S/c1-12(23)14-8-17-18(26-11-25-17)9-16(14)21-19(24)10-27-20-7-6-13-4-2-3-5-15(13)22-20/h2-9H,10-11H2,1H3,(H,21,24). The Bertz CT molecular complexity index is 1050. The van der Waals surface area contributed by atoms with Crippen LogP contribution in [0.25, 0.3) is 10.9 Å². The second-order valence-electron chi connectivity index (χ2n) is 5.99. The molecule has 0 saturated heterocycles. The number of hydrogen-bond donors (Lipinski definition) is 1. The fraction of sp³-hybridized carbons (Fsp3) is 0.150. The van der Waals surface area contributed by atoms with E-state index in [-0.39, 0.29) is 24.2 Å². The average molecular weight is 380 g/mol. The van der Waals surface area contributed by atoms with E-state index < -0.39 is 0 Å². The van der Waals surface area contributed by atoms with E-state index in [1.54, 1.807) is 12.1 Å². The van der Waals surface area contributed by atoms with E-state index in [0.29, 0.717) is 22.7 Å².